The third kappa shape index (κ3) is 7.56. The fourth-order valence-electron chi connectivity index (χ4n) is 2.56. The molecule has 1 fully saturated rings. The molecule has 0 radical (unpaired) electrons. The van der Waals surface area contributed by atoms with Gasteiger partial charge in [-0.05, 0) is 13.3 Å². The first-order chi connectivity index (χ1) is 11.0. The summed E-state index contributed by atoms with van der Waals surface area (Å²) in [5.41, 5.74) is 0. The van der Waals surface area contributed by atoms with Crippen LogP contribution < -0.4 is 0 Å². The normalized spacial score (nSPS) is 26.6. The molecule has 1 saturated heterocycles. The van der Waals surface area contributed by atoms with E-state index in [1.807, 2.05) is 0 Å². The van der Waals surface area contributed by atoms with E-state index in [1.54, 1.807) is 11.8 Å². The van der Waals surface area contributed by atoms with E-state index in [-0.39, 0.29) is 25.2 Å². The van der Waals surface area contributed by atoms with Crippen LogP contribution >= 0.6 is 0 Å². The van der Waals surface area contributed by atoms with Crippen LogP contribution in [0.25, 0.3) is 0 Å². The Kier molecular flexibility index (Phi) is 7.58. The van der Waals surface area contributed by atoms with Crippen molar-refractivity contribution < 1.29 is 36.8 Å². The SMILES string of the molecule is CC(=O)O[C@H](C)CCN1C[C@H](OS(C)(=O)=O)[C@@H](O)[C@H](OC(C)=O)C1. The molecule has 0 aromatic carbocycles. The van der Waals surface area contributed by atoms with Crippen molar-refractivity contribution in [2.45, 2.75) is 51.6 Å². The van der Waals surface area contributed by atoms with Crippen LogP contribution in [-0.2, 0) is 33.4 Å². The Morgan fingerprint density at radius 1 is 1.21 bits per heavy atom. The first-order valence-electron chi connectivity index (χ1n) is 7.61. The highest BCUT2D eigenvalue weighted by atomic mass is 32.2. The molecule has 24 heavy (non-hydrogen) atoms. The van der Waals surface area contributed by atoms with Crippen molar-refractivity contribution in [2.75, 3.05) is 25.9 Å². The Bertz CT molecular complexity index is 549. The molecule has 0 aromatic heterocycles. The van der Waals surface area contributed by atoms with E-state index in [1.165, 1.54) is 13.8 Å². The smallest absolute Gasteiger partial charge is 0.303 e. The quantitative estimate of drug-likeness (QED) is 0.459. The molecule has 10 heteroatoms. The minimum Gasteiger partial charge on any atom is -0.463 e. The maximum atomic E-state index is 11.4. The predicted octanol–water partition coefficient (Wildman–Crippen LogP) is -0.719. The maximum absolute atomic E-state index is 11.4. The molecule has 9 nitrogen and oxygen atoms in total. The third-order valence-corrected chi connectivity index (χ3v) is 4.07. The topological polar surface area (TPSA) is 119 Å². The molecule has 1 aliphatic heterocycles. The lowest BCUT2D eigenvalue weighted by molar-refractivity contribution is -0.166. The van der Waals surface area contributed by atoms with Crippen LogP contribution in [0, 0.1) is 0 Å². The summed E-state index contributed by atoms with van der Waals surface area (Å²) in [6.45, 7) is 5.12. The summed E-state index contributed by atoms with van der Waals surface area (Å²) in [5.74, 6) is -0.958. The van der Waals surface area contributed by atoms with Gasteiger partial charge in [-0.2, -0.15) is 8.42 Å². The molecule has 0 spiro atoms. The molecular weight excluding hydrogens is 342 g/mol. The van der Waals surface area contributed by atoms with Crippen LogP contribution in [0.5, 0.6) is 0 Å². The van der Waals surface area contributed by atoms with Crippen molar-refractivity contribution in [3.63, 3.8) is 0 Å². The molecule has 1 rings (SSSR count). The fourth-order valence-corrected chi connectivity index (χ4v) is 3.18. The second kappa shape index (κ2) is 8.75. The largest absolute Gasteiger partial charge is 0.463 e. The zero-order valence-corrected chi connectivity index (χ0v) is 15.1. The summed E-state index contributed by atoms with van der Waals surface area (Å²) in [6.07, 6.45) is -2.09. The van der Waals surface area contributed by atoms with Gasteiger partial charge in [-0.3, -0.25) is 18.7 Å². The van der Waals surface area contributed by atoms with Crippen molar-refractivity contribution >= 4 is 22.1 Å². The molecule has 0 amide bonds. The summed E-state index contributed by atoms with van der Waals surface area (Å²) < 4.78 is 37.7. The van der Waals surface area contributed by atoms with Crippen LogP contribution in [0.2, 0.25) is 0 Å². The van der Waals surface area contributed by atoms with Gasteiger partial charge in [0, 0.05) is 33.5 Å². The van der Waals surface area contributed by atoms with E-state index in [0.29, 0.717) is 13.0 Å². The molecule has 1 N–H and O–H groups in total. The van der Waals surface area contributed by atoms with Crippen LogP contribution in [0.15, 0.2) is 0 Å². The van der Waals surface area contributed by atoms with Gasteiger partial charge in [0.15, 0.2) is 0 Å². The summed E-state index contributed by atoms with van der Waals surface area (Å²) in [4.78, 5) is 23.9. The van der Waals surface area contributed by atoms with Gasteiger partial charge in [0.05, 0.1) is 6.26 Å². The minimum atomic E-state index is -3.78. The Morgan fingerprint density at radius 3 is 2.29 bits per heavy atom. The van der Waals surface area contributed by atoms with Gasteiger partial charge < -0.3 is 14.6 Å². The Labute approximate surface area is 142 Å². The first kappa shape index (κ1) is 20.8. The van der Waals surface area contributed by atoms with Gasteiger partial charge in [0.25, 0.3) is 10.1 Å². The van der Waals surface area contributed by atoms with Gasteiger partial charge in [-0.1, -0.05) is 0 Å². The highest BCUT2D eigenvalue weighted by Crippen LogP contribution is 2.20. The number of likely N-dealkylation sites (tertiary alicyclic amines) is 1. The summed E-state index contributed by atoms with van der Waals surface area (Å²) in [5, 5.41) is 10.2. The number of esters is 2. The number of carbonyl (C=O) groups excluding carboxylic acids is 2. The number of rotatable bonds is 7. The Hall–Kier alpha value is -1.23. The molecule has 0 bridgehead atoms. The highest BCUT2D eigenvalue weighted by molar-refractivity contribution is 7.86. The van der Waals surface area contributed by atoms with Crippen molar-refractivity contribution in [3.8, 4) is 0 Å². The minimum absolute atomic E-state index is 0.152. The van der Waals surface area contributed by atoms with Crippen LogP contribution in [0.1, 0.15) is 27.2 Å². The molecule has 0 aromatic rings. The molecule has 1 aliphatic rings. The molecule has 140 valence electrons. The number of hydrogen-bond acceptors (Lipinski definition) is 9. The third-order valence-electron chi connectivity index (χ3n) is 3.47. The summed E-state index contributed by atoms with van der Waals surface area (Å²) >= 11 is 0. The van der Waals surface area contributed by atoms with Gasteiger partial charge in [-0.25, -0.2) is 0 Å². The van der Waals surface area contributed by atoms with E-state index < -0.39 is 34.4 Å². The second-order valence-electron chi connectivity index (χ2n) is 5.95. The van der Waals surface area contributed by atoms with Crippen molar-refractivity contribution in [3.05, 3.63) is 0 Å². The second-order valence-corrected chi connectivity index (χ2v) is 7.55. The number of hydrogen-bond donors (Lipinski definition) is 1. The molecule has 4 atom stereocenters. The molecule has 0 unspecified atom stereocenters. The van der Waals surface area contributed by atoms with E-state index in [4.69, 9.17) is 13.7 Å². The average molecular weight is 367 g/mol. The van der Waals surface area contributed by atoms with Crippen molar-refractivity contribution in [1.29, 1.82) is 0 Å². The molecule has 0 saturated carbocycles. The van der Waals surface area contributed by atoms with E-state index in [2.05, 4.69) is 0 Å². The van der Waals surface area contributed by atoms with Crippen LogP contribution in [0.3, 0.4) is 0 Å². The number of nitrogens with zero attached hydrogens (tertiary/aromatic N) is 1. The van der Waals surface area contributed by atoms with Crippen molar-refractivity contribution in [2.24, 2.45) is 0 Å². The number of aliphatic hydroxyl groups is 1. The molecule has 1 heterocycles. The highest BCUT2D eigenvalue weighted by Gasteiger charge is 2.40. The van der Waals surface area contributed by atoms with Crippen LogP contribution in [-0.4, -0.2) is 80.7 Å². The number of ether oxygens (including phenoxy) is 2. The Balaban J connectivity index is 2.73. The predicted molar refractivity (Wildman–Crippen MR) is 83.6 cm³/mol. The standard InChI is InChI=1S/C14H25NO8S/c1-9(21-10(2)16)5-6-15-7-12(22-11(3)17)14(18)13(8-15)23-24(4,19)20/h9,12-14,18H,5-8H2,1-4H3/t9-,12-,13+,14+/m1/s1. The number of aliphatic hydroxyl groups excluding tert-OH is 1. The van der Waals surface area contributed by atoms with Crippen LogP contribution in [0.4, 0.5) is 0 Å². The zero-order chi connectivity index (χ0) is 18.5. The lowest BCUT2D eigenvalue weighted by Crippen LogP contribution is -2.58. The zero-order valence-electron chi connectivity index (χ0n) is 14.3. The monoisotopic (exact) mass is 367 g/mol. The average Bonchev–Trinajstić information content (AvgIpc) is 2.38. The van der Waals surface area contributed by atoms with Gasteiger partial charge >= 0.3 is 11.9 Å². The number of carbonyl (C=O) groups is 2. The summed E-state index contributed by atoms with van der Waals surface area (Å²) in [7, 11) is -3.78. The fraction of sp³-hybridized carbons (Fsp3) is 0.857. The number of piperidine rings is 1. The van der Waals surface area contributed by atoms with Crippen molar-refractivity contribution in [1.82, 2.24) is 4.90 Å². The van der Waals surface area contributed by atoms with E-state index >= 15 is 0 Å². The van der Waals surface area contributed by atoms with Gasteiger partial charge in [0.2, 0.25) is 0 Å². The van der Waals surface area contributed by atoms with Gasteiger partial charge in [-0.15, -0.1) is 0 Å². The lowest BCUT2D eigenvalue weighted by atomic mass is 10.0. The first-order valence-corrected chi connectivity index (χ1v) is 9.42. The summed E-state index contributed by atoms with van der Waals surface area (Å²) in [6, 6.07) is 0. The molecular formula is C14H25NO8S. The van der Waals surface area contributed by atoms with Gasteiger partial charge in [0.1, 0.15) is 24.4 Å². The molecule has 0 aliphatic carbocycles. The Morgan fingerprint density at radius 2 is 1.79 bits per heavy atom. The van der Waals surface area contributed by atoms with E-state index in [0.717, 1.165) is 6.26 Å². The lowest BCUT2D eigenvalue weighted by Gasteiger charge is -2.40. The van der Waals surface area contributed by atoms with E-state index in [9.17, 15) is 23.1 Å². The maximum Gasteiger partial charge on any atom is 0.303 e.